The van der Waals surface area contributed by atoms with Crippen LogP contribution in [0, 0.1) is 6.92 Å². The van der Waals surface area contributed by atoms with Gasteiger partial charge in [0.25, 0.3) is 0 Å². The molecule has 1 amide bonds. The van der Waals surface area contributed by atoms with Gasteiger partial charge in [-0.2, -0.15) is 11.3 Å². The largest absolute Gasteiger partial charge is 0.441 e. The molecule has 0 aromatic carbocycles. The van der Waals surface area contributed by atoms with E-state index in [1.165, 1.54) is 19.3 Å². The summed E-state index contributed by atoms with van der Waals surface area (Å²) in [5.74, 6) is 1.99. The highest BCUT2D eigenvalue weighted by atomic mass is 32.1. The number of piperidine rings is 1. The second-order valence-electron chi connectivity index (χ2n) is 7.43. The maximum absolute atomic E-state index is 11.9. The van der Waals surface area contributed by atoms with Crippen molar-refractivity contribution in [3.05, 3.63) is 28.3 Å². The Labute approximate surface area is 159 Å². The number of aryl methyl sites for hydroxylation is 1. The zero-order valence-corrected chi connectivity index (χ0v) is 16.3. The molecule has 2 fully saturated rings. The monoisotopic (exact) mass is 373 g/mol. The summed E-state index contributed by atoms with van der Waals surface area (Å²) in [6, 6.07) is 2.59. The summed E-state index contributed by atoms with van der Waals surface area (Å²) in [4.78, 5) is 21.2. The van der Waals surface area contributed by atoms with E-state index in [-0.39, 0.29) is 0 Å². The summed E-state index contributed by atoms with van der Waals surface area (Å²) in [5.41, 5.74) is 2.11. The third-order valence-corrected chi connectivity index (χ3v) is 6.35. The van der Waals surface area contributed by atoms with E-state index >= 15 is 0 Å². The zero-order valence-electron chi connectivity index (χ0n) is 15.4. The number of carbonyl (C=O) groups excluding carboxylic acids is 1. The van der Waals surface area contributed by atoms with Crippen LogP contribution in [0.5, 0.6) is 0 Å². The van der Waals surface area contributed by atoms with Gasteiger partial charge in [-0.25, -0.2) is 4.98 Å². The first-order valence-electron chi connectivity index (χ1n) is 9.71. The maximum atomic E-state index is 11.9. The highest BCUT2D eigenvalue weighted by molar-refractivity contribution is 7.08. The molecule has 0 aliphatic carbocycles. The van der Waals surface area contributed by atoms with Crippen LogP contribution >= 0.6 is 11.3 Å². The van der Waals surface area contributed by atoms with Crippen LogP contribution in [0.15, 0.2) is 21.2 Å². The average molecular weight is 374 g/mol. The molecule has 6 heteroatoms. The SMILES string of the molecule is Cc1oc(-c2ccsc2)nc1CN1CCCCC1CCN1CCCC1=O. The van der Waals surface area contributed by atoms with Crippen molar-refractivity contribution in [2.45, 2.75) is 58.0 Å². The van der Waals surface area contributed by atoms with Crippen molar-refractivity contribution in [1.29, 1.82) is 0 Å². The molecule has 4 heterocycles. The van der Waals surface area contributed by atoms with Crippen molar-refractivity contribution < 1.29 is 9.21 Å². The topological polar surface area (TPSA) is 49.6 Å². The summed E-state index contributed by atoms with van der Waals surface area (Å²) in [5, 5.41) is 4.13. The molecule has 140 valence electrons. The van der Waals surface area contributed by atoms with Gasteiger partial charge >= 0.3 is 0 Å². The predicted molar refractivity (Wildman–Crippen MR) is 103 cm³/mol. The Morgan fingerprint density at radius 3 is 3.00 bits per heavy atom. The van der Waals surface area contributed by atoms with E-state index in [0.717, 1.165) is 68.3 Å². The van der Waals surface area contributed by atoms with Crippen LogP contribution < -0.4 is 0 Å². The van der Waals surface area contributed by atoms with Crippen molar-refractivity contribution in [3.63, 3.8) is 0 Å². The number of aromatic nitrogens is 1. The second kappa shape index (κ2) is 7.92. The summed E-state index contributed by atoms with van der Waals surface area (Å²) in [6.07, 6.45) is 6.57. The summed E-state index contributed by atoms with van der Waals surface area (Å²) < 4.78 is 5.91. The van der Waals surface area contributed by atoms with Crippen molar-refractivity contribution in [3.8, 4) is 11.5 Å². The summed E-state index contributed by atoms with van der Waals surface area (Å²) in [6.45, 7) is 5.81. The molecule has 2 aromatic heterocycles. The maximum Gasteiger partial charge on any atom is 0.227 e. The van der Waals surface area contributed by atoms with Crippen LogP contribution in [0.1, 0.15) is 50.0 Å². The lowest BCUT2D eigenvalue weighted by atomic mass is 9.98. The first kappa shape index (κ1) is 17.7. The Bertz CT molecular complexity index is 740. The number of thiophene rings is 1. The minimum absolute atomic E-state index is 0.333. The Hall–Kier alpha value is -1.66. The number of likely N-dealkylation sites (tertiary alicyclic amines) is 2. The first-order valence-corrected chi connectivity index (χ1v) is 10.7. The van der Waals surface area contributed by atoms with Crippen LogP contribution in [-0.2, 0) is 11.3 Å². The van der Waals surface area contributed by atoms with Gasteiger partial charge in [0, 0.05) is 43.0 Å². The third-order valence-electron chi connectivity index (χ3n) is 5.67. The van der Waals surface area contributed by atoms with Crippen molar-refractivity contribution in [2.75, 3.05) is 19.6 Å². The normalized spacial score (nSPS) is 21.7. The lowest BCUT2D eigenvalue weighted by Crippen LogP contribution is -2.41. The Balaban J connectivity index is 1.41. The van der Waals surface area contributed by atoms with E-state index in [9.17, 15) is 4.79 Å². The van der Waals surface area contributed by atoms with E-state index in [1.807, 2.05) is 11.8 Å². The molecule has 0 saturated carbocycles. The number of carbonyl (C=O) groups is 1. The predicted octanol–water partition coefficient (Wildman–Crippen LogP) is 4.08. The fraction of sp³-hybridized carbons (Fsp3) is 0.600. The fourth-order valence-electron chi connectivity index (χ4n) is 4.12. The molecule has 5 nitrogen and oxygen atoms in total. The van der Waals surface area contributed by atoms with Gasteiger partial charge in [-0.15, -0.1) is 0 Å². The zero-order chi connectivity index (χ0) is 17.9. The van der Waals surface area contributed by atoms with Crippen molar-refractivity contribution in [2.24, 2.45) is 0 Å². The molecule has 4 rings (SSSR count). The number of amides is 1. The molecule has 26 heavy (non-hydrogen) atoms. The molecule has 2 aromatic rings. The Morgan fingerprint density at radius 1 is 1.31 bits per heavy atom. The highest BCUT2D eigenvalue weighted by Crippen LogP contribution is 2.27. The van der Waals surface area contributed by atoms with E-state index in [0.29, 0.717) is 11.9 Å². The minimum atomic E-state index is 0.333. The van der Waals surface area contributed by atoms with E-state index < -0.39 is 0 Å². The summed E-state index contributed by atoms with van der Waals surface area (Å²) >= 11 is 1.66. The van der Waals surface area contributed by atoms with Gasteiger partial charge in [-0.3, -0.25) is 9.69 Å². The van der Waals surface area contributed by atoms with Gasteiger partial charge in [-0.05, 0) is 50.6 Å². The molecule has 2 aliphatic rings. The molecule has 2 aliphatic heterocycles. The van der Waals surface area contributed by atoms with E-state index in [2.05, 4.69) is 21.7 Å². The molecular formula is C20H27N3O2S. The van der Waals surface area contributed by atoms with Crippen LogP contribution in [0.3, 0.4) is 0 Å². The number of nitrogens with zero attached hydrogens (tertiary/aromatic N) is 3. The molecule has 1 unspecified atom stereocenters. The molecular weight excluding hydrogens is 346 g/mol. The number of hydrogen-bond donors (Lipinski definition) is 0. The van der Waals surface area contributed by atoms with Crippen LogP contribution in [0.2, 0.25) is 0 Å². The third kappa shape index (κ3) is 3.86. The van der Waals surface area contributed by atoms with Crippen LogP contribution in [-0.4, -0.2) is 46.4 Å². The first-order chi connectivity index (χ1) is 12.7. The van der Waals surface area contributed by atoms with Gasteiger partial charge < -0.3 is 9.32 Å². The molecule has 2 saturated heterocycles. The number of hydrogen-bond acceptors (Lipinski definition) is 5. The van der Waals surface area contributed by atoms with Crippen molar-refractivity contribution in [1.82, 2.24) is 14.8 Å². The average Bonchev–Trinajstić information content (AvgIpc) is 3.37. The summed E-state index contributed by atoms with van der Waals surface area (Å²) in [7, 11) is 0. The smallest absolute Gasteiger partial charge is 0.227 e. The molecule has 0 radical (unpaired) electrons. The highest BCUT2D eigenvalue weighted by Gasteiger charge is 2.27. The van der Waals surface area contributed by atoms with Gasteiger partial charge in [0.15, 0.2) is 0 Å². The Morgan fingerprint density at radius 2 is 2.23 bits per heavy atom. The number of rotatable bonds is 6. The van der Waals surface area contributed by atoms with E-state index in [4.69, 9.17) is 9.40 Å². The van der Waals surface area contributed by atoms with Gasteiger partial charge in [0.1, 0.15) is 5.76 Å². The van der Waals surface area contributed by atoms with Gasteiger partial charge in [-0.1, -0.05) is 6.42 Å². The van der Waals surface area contributed by atoms with Gasteiger partial charge in [0.05, 0.1) is 5.69 Å². The van der Waals surface area contributed by atoms with Crippen molar-refractivity contribution >= 4 is 17.2 Å². The van der Waals surface area contributed by atoms with Gasteiger partial charge in [0.2, 0.25) is 11.8 Å². The molecule has 0 N–H and O–H groups in total. The molecule has 1 atom stereocenters. The standard InChI is InChI=1S/C20H27N3O2S/c1-15-18(21-20(25-15)16-8-12-26-14-16)13-23-9-3-2-5-17(23)7-11-22-10-4-6-19(22)24/h8,12,14,17H,2-7,9-11,13H2,1H3. The lowest BCUT2D eigenvalue weighted by Gasteiger charge is -2.36. The lowest BCUT2D eigenvalue weighted by molar-refractivity contribution is -0.127. The van der Waals surface area contributed by atoms with E-state index in [1.54, 1.807) is 11.3 Å². The Kier molecular flexibility index (Phi) is 5.41. The quantitative estimate of drug-likeness (QED) is 0.766. The fourth-order valence-corrected chi connectivity index (χ4v) is 4.75. The molecule has 0 bridgehead atoms. The second-order valence-corrected chi connectivity index (χ2v) is 8.21. The number of oxazole rings is 1. The van der Waals surface area contributed by atoms with Crippen LogP contribution in [0.25, 0.3) is 11.5 Å². The minimum Gasteiger partial charge on any atom is -0.441 e. The van der Waals surface area contributed by atoms with Crippen LogP contribution in [0.4, 0.5) is 0 Å². The molecule has 0 spiro atoms.